The van der Waals surface area contributed by atoms with E-state index in [2.05, 4.69) is 0 Å². The minimum atomic E-state index is -2.37. The van der Waals surface area contributed by atoms with Crippen LogP contribution in [0, 0.1) is 0 Å². The van der Waals surface area contributed by atoms with Crippen molar-refractivity contribution in [1.29, 1.82) is 0 Å². The Morgan fingerprint density at radius 1 is 0.333 bits per heavy atom. The van der Waals surface area contributed by atoms with Gasteiger partial charge < -0.3 is 165 Å². The zero-order valence-corrected chi connectivity index (χ0v) is 36.0. The van der Waals surface area contributed by atoms with Crippen molar-refractivity contribution in [3.8, 4) is 0 Å². The van der Waals surface area contributed by atoms with Crippen LogP contribution in [0.5, 0.6) is 0 Å². The van der Waals surface area contributed by atoms with Gasteiger partial charge in [-0.1, -0.05) is 0 Å². The van der Waals surface area contributed by atoms with Crippen LogP contribution in [0.25, 0.3) is 0 Å². The van der Waals surface area contributed by atoms with Crippen LogP contribution in [0.1, 0.15) is 0 Å². The lowest BCUT2D eigenvalue weighted by molar-refractivity contribution is -0.376. The highest BCUT2D eigenvalue weighted by Gasteiger charge is 2.57. The van der Waals surface area contributed by atoms with Gasteiger partial charge in [-0.3, -0.25) is 0 Å². The summed E-state index contributed by atoms with van der Waals surface area (Å²) in [5.41, 5.74) is 0. The molecular weight excluding hydrogens is 960 g/mol. The van der Waals surface area contributed by atoms with Gasteiger partial charge in [-0.25, -0.2) is 0 Å². The highest BCUT2D eigenvalue weighted by Crippen LogP contribution is 2.34. The average Bonchev–Trinajstić information content (AvgIpc) is 3.59. The molecule has 6 aliphatic heterocycles. The van der Waals surface area contributed by atoms with Crippen LogP contribution in [0.3, 0.4) is 0 Å². The molecule has 33 heteroatoms. The van der Waals surface area contributed by atoms with Crippen molar-refractivity contribution in [2.45, 2.75) is 178 Å². The molecule has 0 bridgehead atoms. The third-order valence-electron chi connectivity index (χ3n) is 12.0. The Bertz CT molecular complexity index is 1450. The SMILES string of the molecule is OC[C@H]1O[C@@H](O[C@@H]2[C@@H](CO)O[C@](O)(CO)[C@H]2O)[C@H](O)[C@@H](O)[C@H]1O.OC[C@H]1O[C@H](OC[C@H]2O[C@H](O)[C@H](O)[C@@H](O)[C@@H]2O)[C@H](O)[C@@H](O)[C@H]1O.OC[C@H]1O[C@H](O[C@H]2O[C@H](CO)[C@@H](O)[C@H](O)[C@H]2O)[C@H](O)[C@@H](O)[C@@H]1O. The summed E-state index contributed by atoms with van der Waals surface area (Å²) < 4.78 is 45.7. The van der Waals surface area contributed by atoms with Gasteiger partial charge in [-0.15, -0.1) is 0 Å². The van der Waals surface area contributed by atoms with E-state index in [-0.39, 0.29) is 0 Å². The summed E-state index contributed by atoms with van der Waals surface area (Å²) in [6, 6.07) is 0. The van der Waals surface area contributed by atoms with E-state index >= 15 is 0 Å². The fourth-order valence-electron chi connectivity index (χ4n) is 7.58. The summed E-state index contributed by atoms with van der Waals surface area (Å²) in [5.74, 6) is -2.37. The molecule has 0 aromatic carbocycles. The summed E-state index contributed by atoms with van der Waals surface area (Å²) in [6.45, 7) is -4.75. The van der Waals surface area contributed by atoms with Crippen LogP contribution in [-0.4, -0.2) is 346 Å². The van der Waals surface area contributed by atoms with Gasteiger partial charge in [-0.2, -0.15) is 0 Å². The minimum Gasteiger partial charge on any atom is -0.394 e. The van der Waals surface area contributed by atoms with Crippen LogP contribution in [-0.2, 0) is 42.6 Å². The molecule has 0 aliphatic carbocycles. The Balaban J connectivity index is 0.000000225. The Kier molecular flexibility index (Phi) is 22.9. The summed E-state index contributed by atoms with van der Waals surface area (Å²) in [4.78, 5) is 0. The second kappa shape index (κ2) is 26.3. The van der Waals surface area contributed by atoms with Crippen LogP contribution in [0.4, 0.5) is 0 Å². The molecule has 33 nitrogen and oxygen atoms in total. The number of aliphatic hydroxyl groups excluding tert-OH is 23. The lowest BCUT2D eigenvalue weighted by Gasteiger charge is -2.44. The van der Waals surface area contributed by atoms with Crippen molar-refractivity contribution >= 4 is 0 Å². The van der Waals surface area contributed by atoms with Gasteiger partial charge in [0.25, 0.3) is 0 Å². The van der Waals surface area contributed by atoms with Gasteiger partial charge in [0.1, 0.15) is 140 Å². The second-order valence-corrected chi connectivity index (χ2v) is 16.7. The average molecular weight is 1030 g/mol. The predicted molar refractivity (Wildman–Crippen MR) is 206 cm³/mol. The van der Waals surface area contributed by atoms with Crippen molar-refractivity contribution in [2.75, 3.05) is 46.2 Å². The molecule has 29 atom stereocenters. The first-order chi connectivity index (χ1) is 32.4. The van der Waals surface area contributed by atoms with Crippen molar-refractivity contribution < 1.29 is 165 Å². The van der Waals surface area contributed by atoms with Crippen LogP contribution in [0.2, 0.25) is 0 Å². The lowest BCUT2D eigenvalue weighted by atomic mass is 9.98. The van der Waals surface area contributed by atoms with E-state index in [1.807, 2.05) is 0 Å². The quantitative estimate of drug-likeness (QED) is 0.0814. The summed E-state index contributed by atoms with van der Waals surface area (Å²) in [5, 5.41) is 229. The molecule has 0 unspecified atom stereocenters. The largest absolute Gasteiger partial charge is 0.394 e. The third kappa shape index (κ3) is 13.5. The minimum absolute atomic E-state index is 0.468. The molecule has 24 N–H and O–H groups in total. The molecule has 408 valence electrons. The van der Waals surface area contributed by atoms with Crippen molar-refractivity contribution in [2.24, 2.45) is 0 Å². The summed E-state index contributed by atoms with van der Waals surface area (Å²) >= 11 is 0. The van der Waals surface area contributed by atoms with Gasteiger partial charge >= 0.3 is 0 Å². The predicted octanol–water partition coefficient (Wildman–Crippen LogP) is -16.2. The second-order valence-electron chi connectivity index (χ2n) is 16.7. The van der Waals surface area contributed by atoms with Gasteiger partial charge in [-0.05, 0) is 0 Å². The maximum absolute atomic E-state index is 10.00. The molecule has 0 radical (unpaired) electrons. The van der Waals surface area contributed by atoms with E-state index in [0.717, 1.165) is 0 Å². The maximum Gasteiger partial charge on any atom is 0.219 e. The first-order valence-corrected chi connectivity index (χ1v) is 21.2. The zero-order chi connectivity index (χ0) is 52.0. The number of ether oxygens (including phenoxy) is 9. The van der Waals surface area contributed by atoms with Crippen LogP contribution < -0.4 is 0 Å². The molecule has 6 rings (SSSR count). The molecule has 0 spiro atoms. The van der Waals surface area contributed by atoms with E-state index in [0.29, 0.717) is 0 Å². The summed E-state index contributed by atoms with van der Waals surface area (Å²) in [7, 11) is 0. The number of aliphatic hydroxyl groups is 24. The highest BCUT2D eigenvalue weighted by molar-refractivity contribution is 4.98. The monoisotopic (exact) mass is 1030 g/mol. The van der Waals surface area contributed by atoms with Crippen molar-refractivity contribution in [3.63, 3.8) is 0 Å². The molecule has 6 aliphatic rings. The normalized spacial score (nSPS) is 51.5. The lowest BCUT2D eigenvalue weighted by Crippen LogP contribution is -2.63. The van der Waals surface area contributed by atoms with Crippen molar-refractivity contribution in [1.82, 2.24) is 0 Å². The molecule has 0 saturated carbocycles. The Morgan fingerprint density at radius 2 is 0.652 bits per heavy atom. The Labute approximate surface area is 389 Å². The van der Waals surface area contributed by atoms with E-state index < -0.39 is 224 Å². The standard InChI is InChI=1S/3C12H22O11/c13-1-4-6(16)7(17)8(18)11(21-4)22-9-5(2-14)23-12(20,3-15)10(9)19;13-1-3-5(14)8(17)10(19)12(23-3)21-2-4-6(15)7(16)9(18)11(20)22-4;13-1-3-5(15)7(17)9(19)11(21-3)23-12-10(20)8(18)6(16)4(2-14)22-12/h4-11,13-20H,1-3H2;2*3-20H,1-2H2/t4-,5-,6+,7+,8-,9-,10+,11+,12-;3-,4-,5+,6-,7+,8+,9-,10-,11+,12+;3-,4-,5-,6-,7+,8+,9-,10-,11-,12-/m111/s1. The fraction of sp³-hybridized carbons (Fsp3) is 1.00. The van der Waals surface area contributed by atoms with Crippen molar-refractivity contribution in [3.05, 3.63) is 0 Å². The molecule has 0 aromatic rings. The first-order valence-electron chi connectivity index (χ1n) is 21.2. The molecule has 0 amide bonds. The topological polar surface area (TPSA) is 569 Å². The van der Waals surface area contributed by atoms with E-state index in [9.17, 15) is 97.0 Å². The van der Waals surface area contributed by atoms with Gasteiger partial charge in [0.2, 0.25) is 5.79 Å². The molecule has 69 heavy (non-hydrogen) atoms. The molecule has 6 saturated heterocycles. The Morgan fingerprint density at radius 3 is 1.01 bits per heavy atom. The number of hydrogen-bond acceptors (Lipinski definition) is 33. The van der Waals surface area contributed by atoms with E-state index in [1.54, 1.807) is 0 Å². The van der Waals surface area contributed by atoms with E-state index in [1.165, 1.54) is 0 Å². The Hall–Kier alpha value is -1.32. The number of hydrogen-bond donors (Lipinski definition) is 24. The maximum atomic E-state index is 10.00. The molecule has 6 fully saturated rings. The molecule has 0 aromatic heterocycles. The van der Waals surface area contributed by atoms with E-state index in [4.69, 9.17) is 68.2 Å². The van der Waals surface area contributed by atoms with Gasteiger partial charge in [0.15, 0.2) is 31.5 Å². The fourth-order valence-corrected chi connectivity index (χ4v) is 7.58. The first kappa shape index (κ1) is 60.2. The summed E-state index contributed by atoms with van der Waals surface area (Å²) in [6.07, 6.45) is -43.1. The zero-order valence-electron chi connectivity index (χ0n) is 36.0. The third-order valence-corrected chi connectivity index (χ3v) is 12.0. The van der Waals surface area contributed by atoms with Gasteiger partial charge in [0, 0.05) is 0 Å². The number of rotatable bonds is 13. The van der Waals surface area contributed by atoms with Gasteiger partial charge in [0.05, 0.1) is 46.2 Å². The smallest absolute Gasteiger partial charge is 0.219 e. The van der Waals surface area contributed by atoms with Crippen LogP contribution >= 0.6 is 0 Å². The molecule has 6 heterocycles. The highest BCUT2D eigenvalue weighted by atomic mass is 16.8. The van der Waals surface area contributed by atoms with Crippen LogP contribution in [0.15, 0.2) is 0 Å². The molecular formula is C36H66O33.